The fourth-order valence-corrected chi connectivity index (χ4v) is 5.37. The van der Waals surface area contributed by atoms with Gasteiger partial charge >= 0.3 is 0 Å². The van der Waals surface area contributed by atoms with Crippen LogP contribution in [0, 0.1) is 0 Å². The molecule has 1 aliphatic carbocycles. The first kappa shape index (κ1) is 16.5. The summed E-state index contributed by atoms with van der Waals surface area (Å²) < 4.78 is 30.2. The van der Waals surface area contributed by atoms with E-state index >= 15 is 0 Å². The van der Waals surface area contributed by atoms with Crippen LogP contribution in [0.25, 0.3) is 0 Å². The number of hydrogen-bond acceptors (Lipinski definition) is 5. The van der Waals surface area contributed by atoms with Gasteiger partial charge in [0.1, 0.15) is 0 Å². The van der Waals surface area contributed by atoms with Crippen LogP contribution in [0.15, 0.2) is 28.4 Å². The van der Waals surface area contributed by atoms with Crippen LogP contribution in [-0.2, 0) is 36.5 Å². The number of aromatic nitrogens is 4. The normalized spacial score (nSPS) is 20.9. The molecule has 0 saturated carbocycles. The summed E-state index contributed by atoms with van der Waals surface area (Å²) in [5.41, 5.74) is 1.85. The summed E-state index contributed by atoms with van der Waals surface area (Å²) in [6.45, 7) is 0.738. The molecule has 25 heavy (non-hydrogen) atoms. The molecule has 0 radical (unpaired) electrons. The Morgan fingerprint density at radius 3 is 2.88 bits per heavy atom. The highest BCUT2D eigenvalue weighted by molar-refractivity contribution is 7.89. The van der Waals surface area contributed by atoms with Crippen molar-refractivity contribution < 1.29 is 8.42 Å². The van der Waals surface area contributed by atoms with Gasteiger partial charge < -0.3 is 4.57 Å². The Morgan fingerprint density at radius 2 is 2.12 bits per heavy atom. The number of sulfonamides is 1. The molecular weight excluding hydrogens is 342 g/mol. The summed E-state index contributed by atoms with van der Waals surface area (Å²) in [7, 11) is -1.92. The molecule has 0 aromatic carbocycles. The number of rotatable bonds is 4. The second kappa shape index (κ2) is 6.06. The first-order valence-corrected chi connectivity index (χ1v) is 9.99. The SMILES string of the molecule is Cn1cnc(S(=O)(=O)N2CCCC2Cn2nc3c(cc2=O)CCC3)c1. The van der Waals surface area contributed by atoms with Crippen molar-refractivity contribution in [1.82, 2.24) is 23.6 Å². The average Bonchev–Trinajstić information content (AvgIpc) is 3.28. The van der Waals surface area contributed by atoms with Crippen molar-refractivity contribution in [3.8, 4) is 0 Å². The molecule has 3 heterocycles. The third kappa shape index (κ3) is 2.91. The maximum atomic E-state index is 12.9. The summed E-state index contributed by atoms with van der Waals surface area (Å²) in [5.74, 6) is 0. The molecule has 9 heteroatoms. The minimum atomic E-state index is -3.65. The van der Waals surface area contributed by atoms with Crippen LogP contribution in [0.3, 0.4) is 0 Å². The highest BCUT2D eigenvalue weighted by Crippen LogP contribution is 2.26. The van der Waals surface area contributed by atoms with Gasteiger partial charge in [-0.25, -0.2) is 18.1 Å². The predicted molar refractivity (Wildman–Crippen MR) is 90.6 cm³/mol. The zero-order chi connectivity index (χ0) is 17.6. The first-order chi connectivity index (χ1) is 11.9. The quantitative estimate of drug-likeness (QED) is 0.780. The molecule has 1 atom stereocenters. The third-order valence-electron chi connectivity index (χ3n) is 4.98. The number of fused-ring (bicyclic) bond motifs is 1. The molecule has 2 aliphatic rings. The average molecular weight is 363 g/mol. The van der Waals surface area contributed by atoms with Crippen molar-refractivity contribution in [1.29, 1.82) is 0 Å². The van der Waals surface area contributed by atoms with Crippen LogP contribution in [0.4, 0.5) is 0 Å². The van der Waals surface area contributed by atoms with Crippen molar-refractivity contribution >= 4 is 10.0 Å². The van der Waals surface area contributed by atoms with E-state index in [1.165, 1.54) is 21.5 Å². The largest absolute Gasteiger partial charge is 0.339 e. The van der Waals surface area contributed by atoms with Crippen LogP contribution in [0.5, 0.6) is 0 Å². The smallest absolute Gasteiger partial charge is 0.267 e. The monoisotopic (exact) mass is 363 g/mol. The van der Waals surface area contributed by atoms with Gasteiger partial charge in [0.25, 0.3) is 15.6 Å². The topological polar surface area (TPSA) is 90.1 Å². The molecule has 1 fully saturated rings. The molecule has 2 aromatic heterocycles. The van der Waals surface area contributed by atoms with Crippen LogP contribution in [-0.4, -0.2) is 44.6 Å². The molecule has 2 aromatic rings. The van der Waals surface area contributed by atoms with Crippen molar-refractivity contribution in [2.24, 2.45) is 7.05 Å². The van der Waals surface area contributed by atoms with Crippen LogP contribution >= 0.6 is 0 Å². The molecular formula is C16H21N5O3S. The standard InChI is InChI=1S/C16H21N5O3S/c1-19-10-15(17-11-19)25(23,24)21-7-3-5-13(21)9-20-16(22)8-12-4-2-6-14(12)18-20/h8,10-11,13H,2-7,9H2,1H3. The Balaban J connectivity index is 1.62. The minimum absolute atomic E-state index is 0.0520. The van der Waals surface area contributed by atoms with E-state index in [-0.39, 0.29) is 23.2 Å². The van der Waals surface area contributed by atoms with E-state index in [1.54, 1.807) is 17.7 Å². The molecule has 0 bridgehead atoms. The zero-order valence-corrected chi connectivity index (χ0v) is 14.9. The lowest BCUT2D eigenvalue weighted by Gasteiger charge is -2.23. The van der Waals surface area contributed by atoms with Gasteiger partial charge in [-0.05, 0) is 37.7 Å². The molecule has 0 N–H and O–H groups in total. The zero-order valence-electron chi connectivity index (χ0n) is 14.1. The van der Waals surface area contributed by atoms with E-state index < -0.39 is 10.0 Å². The molecule has 0 amide bonds. The Bertz CT molecular complexity index is 962. The van der Waals surface area contributed by atoms with Crippen molar-refractivity contribution in [3.05, 3.63) is 40.2 Å². The maximum absolute atomic E-state index is 12.9. The van der Waals surface area contributed by atoms with E-state index in [4.69, 9.17) is 0 Å². The van der Waals surface area contributed by atoms with Crippen LogP contribution in [0.2, 0.25) is 0 Å². The summed E-state index contributed by atoms with van der Waals surface area (Å²) in [6, 6.07) is 1.39. The lowest BCUT2D eigenvalue weighted by atomic mass is 10.2. The van der Waals surface area contributed by atoms with Crippen LogP contribution in [0.1, 0.15) is 30.5 Å². The highest BCUT2D eigenvalue weighted by atomic mass is 32.2. The molecule has 1 aliphatic heterocycles. The van der Waals surface area contributed by atoms with Gasteiger partial charge in [0.2, 0.25) is 0 Å². The van der Waals surface area contributed by atoms with Crippen LogP contribution < -0.4 is 5.56 Å². The summed E-state index contributed by atoms with van der Waals surface area (Å²) in [4.78, 5) is 16.3. The Hall–Kier alpha value is -2.00. The highest BCUT2D eigenvalue weighted by Gasteiger charge is 2.37. The second-order valence-corrected chi connectivity index (χ2v) is 8.62. The van der Waals surface area contributed by atoms with Crippen molar-refractivity contribution in [2.45, 2.75) is 49.7 Å². The van der Waals surface area contributed by atoms with E-state index in [0.29, 0.717) is 6.54 Å². The molecule has 8 nitrogen and oxygen atoms in total. The number of nitrogens with zero attached hydrogens (tertiary/aromatic N) is 5. The summed E-state index contributed by atoms with van der Waals surface area (Å²) in [5, 5.41) is 4.52. The third-order valence-corrected chi connectivity index (χ3v) is 6.82. The van der Waals surface area contributed by atoms with Gasteiger partial charge in [0, 0.05) is 31.9 Å². The lowest BCUT2D eigenvalue weighted by molar-refractivity contribution is 0.333. The number of imidazole rings is 1. The number of aryl methyl sites for hydroxylation is 3. The summed E-state index contributed by atoms with van der Waals surface area (Å²) in [6.07, 6.45) is 7.29. The van der Waals surface area contributed by atoms with Gasteiger partial charge in [0.15, 0.2) is 5.03 Å². The molecule has 4 rings (SSSR count). The van der Waals surface area contributed by atoms with Crippen molar-refractivity contribution in [3.63, 3.8) is 0 Å². The lowest BCUT2D eigenvalue weighted by Crippen LogP contribution is -2.40. The van der Waals surface area contributed by atoms with Gasteiger partial charge in [-0.2, -0.15) is 9.40 Å². The second-order valence-electron chi connectivity index (χ2n) is 6.78. The first-order valence-electron chi connectivity index (χ1n) is 8.55. The molecule has 0 spiro atoms. The van der Waals surface area contributed by atoms with Gasteiger partial charge in [-0.15, -0.1) is 0 Å². The summed E-state index contributed by atoms with van der Waals surface area (Å²) >= 11 is 0. The fourth-order valence-electron chi connectivity index (χ4n) is 3.72. The van der Waals surface area contributed by atoms with E-state index in [1.807, 2.05) is 0 Å². The van der Waals surface area contributed by atoms with E-state index in [9.17, 15) is 13.2 Å². The number of hydrogen-bond donors (Lipinski definition) is 0. The van der Waals surface area contributed by atoms with E-state index in [2.05, 4.69) is 10.1 Å². The van der Waals surface area contributed by atoms with E-state index in [0.717, 1.165) is 43.4 Å². The Kier molecular flexibility index (Phi) is 3.99. The van der Waals surface area contributed by atoms with Crippen molar-refractivity contribution in [2.75, 3.05) is 6.54 Å². The molecule has 134 valence electrons. The Labute approximate surface area is 146 Å². The minimum Gasteiger partial charge on any atom is -0.339 e. The van der Waals surface area contributed by atoms with Gasteiger partial charge in [-0.3, -0.25) is 4.79 Å². The predicted octanol–water partition coefficient (Wildman–Crippen LogP) is 0.319. The molecule has 1 unspecified atom stereocenters. The Morgan fingerprint density at radius 1 is 1.28 bits per heavy atom. The van der Waals surface area contributed by atoms with Gasteiger partial charge in [-0.1, -0.05) is 0 Å². The maximum Gasteiger partial charge on any atom is 0.267 e. The fraction of sp³-hybridized carbons (Fsp3) is 0.562. The molecule has 1 saturated heterocycles. The van der Waals surface area contributed by atoms with Gasteiger partial charge in [0.05, 0.1) is 18.6 Å².